The number of nitrogens with zero attached hydrogens (tertiary/aromatic N) is 2. The lowest BCUT2D eigenvalue weighted by Crippen LogP contribution is -2.45. The fourth-order valence-corrected chi connectivity index (χ4v) is 6.83. The molecule has 3 saturated heterocycles. The Morgan fingerprint density at radius 3 is 2.18 bits per heavy atom. The molecule has 0 spiro atoms. The average molecular weight is 623 g/mol. The topological polar surface area (TPSA) is 124 Å². The monoisotopic (exact) mass is 622 g/mol. The lowest BCUT2D eigenvalue weighted by Gasteiger charge is -2.39. The maximum atomic E-state index is 12.5. The van der Waals surface area contributed by atoms with Gasteiger partial charge < -0.3 is 24.8 Å². The minimum absolute atomic E-state index is 0.0158. The van der Waals surface area contributed by atoms with Crippen molar-refractivity contribution in [3.63, 3.8) is 0 Å². The van der Waals surface area contributed by atoms with E-state index in [1.807, 2.05) is 48.5 Å². The second kappa shape index (κ2) is 17.2. The number of hydrogen-bond acceptors (Lipinski definition) is 8. The van der Waals surface area contributed by atoms with E-state index in [9.17, 15) is 14.7 Å². The molecule has 2 amide bonds. The molecule has 3 heterocycles. The molecule has 0 saturated carbocycles. The molecule has 10 nitrogen and oxygen atoms in total. The number of unbranched alkanes of at least 4 members (excludes halogenated alkanes) is 3. The zero-order valence-corrected chi connectivity index (χ0v) is 26.4. The highest BCUT2D eigenvalue weighted by atomic mass is 16.7. The van der Waals surface area contributed by atoms with Gasteiger partial charge in [0.25, 0.3) is 0 Å². The number of carbonyl (C=O) groups excluding carboxylic acids is 2. The molecule has 45 heavy (non-hydrogen) atoms. The van der Waals surface area contributed by atoms with E-state index in [2.05, 4.69) is 15.1 Å². The van der Waals surface area contributed by atoms with Gasteiger partial charge in [0.15, 0.2) is 6.29 Å². The number of benzene rings is 2. The zero-order chi connectivity index (χ0) is 31.4. The van der Waals surface area contributed by atoms with Crippen LogP contribution in [0.15, 0.2) is 48.5 Å². The van der Waals surface area contributed by atoms with Crippen molar-refractivity contribution in [3.8, 4) is 0 Å². The van der Waals surface area contributed by atoms with Gasteiger partial charge in [0.2, 0.25) is 11.8 Å². The summed E-state index contributed by atoms with van der Waals surface area (Å²) < 4.78 is 13.2. The van der Waals surface area contributed by atoms with Crippen molar-refractivity contribution >= 4 is 17.5 Å². The molecule has 4 N–H and O–H groups in total. The Bertz CT molecular complexity index is 1200. The highest BCUT2D eigenvalue weighted by Gasteiger charge is 2.36. The molecule has 3 aliphatic rings. The van der Waals surface area contributed by atoms with E-state index in [1.54, 1.807) is 5.48 Å². The van der Waals surface area contributed by atoms with E-state index in [1.165, 1.54) is 38.8 Å². The minimum atomic E-state index is -0.524. The summed E-state index contributed by atoms with van der Waals surface area (Å²) >= 11 is 0. The molecular weight excluding hydrogens is 572 g/mol. The summed E-state index contributed by atoms with van der Waals surface area (Å²) in [6.45, 7) is 5.59. The second-order valence-corrected chi connectivity index (χ2v) is 12.8. The molecule has 5 rings (SSSR count). The van der Waals surface area contributed by atoms with Crippen LogP contribution in [0, 0.1) is 0 Å². The summed E-state index contributed by atoms with van der Waals surface area (Å²) in [6.07, 6.45) is 9.05. The Kier molecular flexibility index (Phi) is 12.8. The fourth-order valence-electron chi connectivity index (χ4n) is 6.83. The van der Waals surface area contributed by atoms with Gasteiger partial charge in [-0.15, -0.1) is 0 Å². The van der Waals surface area contributed by atoms with Gasteiger partial charge in [-0.2, -0.15) is 0 Å². The molecule has 0 radical (unpaired) electrons. The number of hydrogen-bond donors (Lipinski definition) is 4. The Morgan fingerprint density at radius 2 is 1.49 bits per heavy atom. The van der Waals surface area contributed by atoms with Gasteiger partial charge in [-0.25, -0.2) is 5.48 Å². The van der Waals surface area contributed by atoms with Crippen LogP contribution in [0.3, 0.4) is 0 Å². The van der Waals surface area contributed by atoms with Gasteiger partial charge in [-0.3, -0.25) is 19.7 Å². The van der Waals surface area contributed by atoms with Crippen LogP contribution in [0.2, 0.25) is 0 Å². The molecule has 246 valence electrons. The van der Waals surface area contributed by atoms with Gasteiger partial charge in [-0.05, 0) is 81.4 Å². The predicted octanol–water partition coefficient (Wildman–Crippen LogP) is 5.07. The van der Waals surface area contributed by atoms with Crippen LogP contribution in [0.4, 0.5) is 5.69 Å². The number of anilines is 1. The number of aliphatic hydroxyl groups is 1. The molecule has 4 atom stereocenters. The van der Waals surface area contributed by atoms with Crippen molar-refractivity contribution in [2.75, 3.05) is 38.0 Å². The molecule has 3 fully saturated rings. The third-order valence-corrected chi connectivity index (χ3v) is 9.37. The van der Waals surface area contributed by atoms with Crippen LogP contribution in [0.5, 0.6) is 0 Å². The fraction of sp³-hybridized carbons (Fsp3) is 0.600. The summed E-state index contributed by atoms with van der Waals surface area (Å²) in [7, 11) is 0. The van der Waals surface area contributed by atoms with Crippen LogP contribution in [-0.4, -0.2) is 76.8 Å². The first-order valence-electron chi connectivity index (χ1n) is 16.8. The van der Waals surface area contributed by atoms with Gasteiger partial charge in [0.05, 0.1) is 18.8 Å². The number of ether oxygens (including phenoxy) is 2. The third-order valence-electron chi connectivity index (χ3n) is 9.37. The summed E-state index contributed by atoms with van der Waals surface area (Å²) in [4.78, 5) is 28.8. The van der Waals surface area contributed by atoms with Crippen molar-refractivity contribution in [1.29, 1.82) is 0 Å². The highest BCUT2D eigenvalue weighted by molar-refractivity contribution is 5.90. The van der Waals surface area contributed by atoms with Crippen molar-refractivity contribution in [2.45, 2.75) is 102 Å². The Balaban J connectivity index is 1.18. The number of likely N-dealkylation sites (tertiary alicyclic amines) is 2. The summed E-state index contributed by atoms with van der Waals surface area (Å²) in [6, 6.07) is 16.3. The lowest BCUT2D eigenvalue weighted by atomic mass is 9.99. The van der Waals surface area contributed by atoms with Crippen LogP contribution in [-0.2, 0) is 25.7 Å². The van der Waals surface area contributed by atoms with Crippen molar-refractivity contribution in [3.05, 3.63) is 65.2 Å². The first-order valence-corrected chi connectivity index (χ1v) is 16.8. The average Bonchev–Trinajstić information content (AvgIpc) is 3.75. The van der Waals surface area contributed by atoms with E-state index in [-0.39, 0.29) is 30.6 Å². The van der Waals surface area contributed by atoms with Crippen LogP contribution in [0.1, 0.15) is 99.7 Å². The second-order valence-electron chi connectivity index (χ2n) is 12.8. The molecular formula is C35H50N4O6. The smallest absolute Gasteiger partial charge is 0.243 e. The summed E-state index contributed by atoms with van der Waals surface area (Å²) in [5, 5.41) is 21.1. The van der Waals surface area contributed by atoms with Crippen LogP contribution < -0.4 is 10.8 Å². The van der Waals surface area contributed by atoms with Gasteiger partial charge in [0, 0.05) is 49.6 Å². The number of hydroxylamine groups is 1. The number of carbonyl (C=O) groups is 2. The number of aliphatic hydroxyl groups excluding tert-OH is 1. The normalized spacial score (nSPS) is 24.1. The molecule has 2 aromatic rings. The molecule has 0 unspecified atom stereocenters. The number of amides is 2. The Morgan fingerprint density at radius 1 is 0.800 bits per heavy atom. The van der Waals surface area contributed by atoms with Crippen LogP contribution in [0.25, 0.3) is 0 Å². The largest absolute Gasteiger partial charge is 0.392 e. The summed E-state index contributed by atoms with van der Waals surface area (Å²) in [5.74, 6) is -0.419. The van der Waals surface area contributed by atoms with E-state index in [0.717, 1.165) is 67.7 Å². The standard InChI is InChI=1S/C35H50N4O6/c40-25-26-11-13-27(14-12-26)32-22-31(24-39-21-7-8-30(39)23-38-19-5-6-20-38)44-35(45-32)28-15-17-29(18-16-28)36-33(41)9-3-1-2-4-10-34(42)37-43/h11-18,30-32,35,40,43H,1-10,19-25H2,(H,36,41)(H,37,42)/t30-,31+,32-,35-/m0/s1. The molecule has 3 aliphatic heterocycles. The highest BCUT2D eigenvalue weighted by Crippen LogP contribution is 2.39. The van der Waals surface area contributed by atoms with E-state index in [4.69, 9.17) is 14.7 Å². The lowest BCUT2D eigenvalue weighted by molar-refractivity contribution is -0.253. The predicted molar refractivity (Wildman–Crippen MR) is 171 cm³/mol. The maximum absolute atomic E-state index is 12.5. The maximum Gasteiger partial charge on any atom is 0.243 e. The molecule has 10 heteroatoms. The quantitative estimate of drug-likeness (QED) is 0.123. The zero-order valence-electron chi connectivity index (χ0n) is 26.4. The van der Waals surface area contributed by atoms with Gasteiger partial charge in [0.1, 0.15) is 0 Å². The molecule has 0 bridgehead atoms. The van der Waals surface area contributed by atoms with Crippen molar-refractivity contribution in [2.24, 2.45) is 0 Å². The van der Waals surface area contributed by atoms with E-state index >= 15 is 0 Å². The van der Waals surface area contributed by atoms with Crippen molar-refractivity contribution < 1.29 is 29.4 Å². The SMILES string of the molecule is O=C(CCCCCCC(=O)Nc1ccc([C@H]2O[C@@H](CN3CCC[C@H]3CN3CCCC3)C[C@@H](c3ccc(CO)cc3)O2)cc1)NO. The molecule has 2 aromatic carbocycles. The summed E-state index contributed by atoms with van der Waals surface area (Å²) in [5.41, 5.74) is 5.25. The molecule has 0 aromatic heterocycles. The minimum Gasteiger partial charge on any atom is -0.392 e. The Hall–Kier alpha value is -2.86. The van der Waals surface area contributed by atoms with Gasteiger partial charge in [-0.1, -0.05) is 49.2 Å². The van der Waals surface area contributed by atoms with E-state index in [0.29, 0.717) is 25.3 Å². The van der Waals surface area contributed by atoms with E-state index < -0.39 is 6.29 Å². The Labute approximate surface area is 267 Å². The third kappa shape index (κ3) is 10.1. The van der Waals surface area contributed by atoms with Gasteiger partial charge >= 0.3 is 0 Å². The number of rotatable bonds is 15. The number of nitrogens with one attached hydrogen (secondary N) is 2. The van der Waals surface area contributed by atoms with Crippen molar-refractivity contribution in [1.82, 2.24) is 15.3 Å². The van der Waals surface area contributed by atoms with Crippen LogP contribution >= 0.6 is 0 Å². The first-order chi connectivity index (χ1) is 22.0. The first kappa shape index (κ1) is 33.5. The molecule has 0 aliphatic carbocycles.